The SMILES string of the molecule is Cn1cccc1-c1noc(CCN)n1. The highest BCUT2D eigenvalue weighted by Crippen LogP contribution is 2.15. The summed E-state index contributed by atoms with van der Waals surface area (Å²) in [5, 5.41) is 3.88. The Labute approximate surface area is 81.5 Å². The first-order valence-corrected chi connectivity index (χ1v) is 4.45. The molecular formula is C9H12N4O. The molecule has 2 heterocycles. The number of aryl methyl sites for hydroxylation is 1. The minimum Gasteiger partial charge on any atom is -0.348 e. The zero-order valence-electron chi connectivity index (χ0n) is 7.97. The lowest BCUT2D eigenvalue weighted by molar-refractivity contribution is 0.380. The van der Waals surface area contributed by atoms with E-state index in [0.29, 0.717) is 24.7 Å². The molecule has 0 aliphatic carbocycles. The number of nitrogens with zero attached hydrogens (tertiary/aromatic N) is 3. The van der Waals surface area contributed by atoms with Crippen molar-refractivity contribution in [2.24, 2.45) is 12.8 Å². The smallest absolute Gasteiger partial charge is 0.228 e. The Hall–Kier alpha value is -1.62. The zero-order valence-corrected chi connectivity index (χ0v) is 7.97. The first-order chi connectivity index (χ1) is 6.81. The molecule has 74 valence electrons. The molecule has 2 rings (SSSR count). The molecule has 0 fully saturated rings. The molecule has 0 spiro atoms. The molecule has 0 amide bonds. The predicted octanol–water partition coefficient (Wildman–Crippen LogP) is 0.576. The molecule has 0 aliphatic rings. The van der Waals surface area contributed by atoms with E-state index in [0.717, 1.165) is 5.69 Å². The van der Waals surface area contributed by atoms with Gasteiger partial charge in [-0.1, -0.05) is 5.16 Å². The molecule has 0 aliphatic heterocycles. The fourth-order valence-electron chi connectivity index (χ4n) is 1.28. The summed E-state index contributed by atoms with van der Waals surface area (Å²) in [4.78, 5) is 4.22. The van der Waals surface area contributed by atoms with Crippen LogP contribution < -0.4 is 5.73 Å². The monoisotopic (exact) mass is 192 g/mol. The van der Waals surface area contributed by atoms with Crippen LogP contribution in [0, 0.1) is 0 Å². The summed E-state index contributed by atoms with van der Waals surface area (Å²) in [7, 11) is 1.94. The molecule has 2 N–H and O–H groups in total. The fourth-order valence-corrected chi connectivity index (χ4v) is 1.28. The molecule has 5 nitrogen and oxygen atoms in total. The highest BCUT2D eigenvalue weighted by molar-refractivity contribution is 5.49. The molecule has 0 unspecified atom stereocenters. The van der Waals surface area contributed by atoms with Crippen molar-refractivity contribution in [1.82, 2.24) is 14.7 Å². The maximum Gasteiger partial charge on any atom is 0.228 e. The van der Waals surface area contributed by atoms with E-state index in [1.807, 2.05) is 29.9 Å². The summed E-state index contributed by atoms with van der Waals surface area (Å²) in [6.45, 7) is 0.523. The van der Waals surface area contributed by atoms with Crippen LogP contribution in [0.15, 0.2) is 22.9 Å². The van der Waals surface area contributed by atoms with Gasteiger partial charge in [0.05, 0.1) is 5.69 Å². The van der Waals surface area contributed by atoms with Crippen LogP contribution in [0.3, 0.4) is 0 Å². The van der Waals surface area contributed by atoms with E-state index in [1.54, 1.807) is 0 Å². The zero-order chi connectivity index (χ0) is 9.97. The second-order valence-electron chi connectivity index (χ2n) is 3.05. The third-order valence-electron chi connectivity index (χ3n) is 2.00. The third-order valence-corrected chi connectivity index (χ3v) is 2.00. The molecule has 5 heteroatoms. The second kappa shape index (κ2) is 3.63. The van der Waals surface area contributed by atoms with Gasteiger partial charge in [0, 0.05) is 26.2 Å². The van der Waals surface area contributed by atoms with Gasteiger partial charge >= 0.3 is 0 Å². The third kappa shape index (κ3) is 1.54. The Morgan fingerprint density at radius 3 is 3.07 bits per heavy atom. The lowest BCUT2D eigenvalue weighted by Gasteiger charge is -1.94. The summed E-state index contributed by atoms with van der Waals surface area (Å²) >= 11 is 0. The molecule has 14 heavy (non-hydrogen) atoms. The van der Waals surface area contributed by atoms with E-state index < -0.39 is 0 Å². The van der Waals surface area contributed by atoms with Crippen LogP contribution in [0.2, 0.25) is 0 Å². The molecule has 0 aromatic carbocycles. The van der Waals surface area contributed by atoms with Gasteiger partial charge in [0.2, 0.25) is 11.7 Å². The van der Waals surface area contributed by atoms with Crippen LogP contribution in [0.4, 0.5) is 0 Å². The Bertz CT molecular complexity index is 418. The largest absolute Gasteiger partial charge is 0.348 e. The summed E-state index contributed by atoms with van der Waals surface area (Å²) in [5.74, 6) is 1.20. The van der Waals surface area contributed by atoms with Gasteiger partial charge < -0.3 is 14.8 Å². The average molecular weight is 192 g/mol. The van der Waals surface area contributed by atoms with Crippen molar-refractivity contribution in [2.75, 3.05) is 6.54 Å². The lowest BCUT2D eigenvalue weighted by Crippen LogP contribution is -2.02. The van der Waals surface area contributed by atoms with Crippen LogP contribution in [0.5, 0.6) is 0 Å². The molecule has 0 saturated heterocycles. The van der Waals surface area contributed by atoms with E-state index >= 15 is 0 Å². The minimum absolute atomic E-state index is 0.523. The normalized spacial score (nSPS) is 10.7. The Balaban J connectivity index is 2.29. The van der Waals surface area contributed by atoms with Gasteiger partial charge in [0.1, 0.15) is 0 Å². The quantitative estimate of drug-likeness (QED) is 0.772. The van der Waals surface area contributed by atoms with E-state index in [-0.39, 0.29) is 0 Å². The van der Waals surface area contributed by atoms with Gasteiger partial charge in [-0.2, -0.15) is 4.98 Å². The molecule has 0 saturated carbocycles. The first-order valence-electron chi connectivity index (χ1n) is 4.45. The Morgan fingerprint density at radius 2 is 2.43 bits per heavy atom. The van der Waals surface area contributed by atoms with E-state index in [9.17, 15) is 0 Å². The maximum absolute atomic E-state index is 5.39. The van der Waals surface area contributed by atoms with Crippen molar-refractivity contribution >= 4 is 0 Å². The van der Waals surface area contributed by atoms with Crippen molar-refractivity contribution in [2.45, 2.75) is 6.42 Å². The van der Waals surface area contributed by atoms with E-state index in [1.165, 1.54) is 0 Å². The van der Waals surface area contributed by atoms with Crippen LogP contribution in [-0.4, -0.2) is 21.3 Å². The lowest BCUT2D eigenvalue weighted by atomic mass is 10.4. The van der Waals surface area contributed by atoms with Gasteiger partial charge in [-0.25, -0.2) is 0 Å². The topological polar surface area (TPSA) is 69.9 Å². The Kier molecular flexibility index (Phi) is 2.32. The maximum atomic E-state index is 5.39. The van der Waals surface area contributed by atoms with Crippen molar-refractivity contribution in [3.05, 3.63) is 24.2 Å². The van der Waals surface area contributed by atoms with Crippen molar-refractivity contribution in [1.29, 1.82) is 0 Å². The average Bonchev–Trinajstić information content (AvgIpc) is 2.74. The van der Waals surface area contributed by atoms with Crippen LogP contribution in [0.25, 0.3) is 11.5 Å². The van der Waals surface area contributed by atoms with Crippen LogP contribution in [-0.2, 0) is 13.5 Å². The molecular weight excluding hydrogens is 180 g/mol. The summed E-state index contributed by atoms with van der Waals surface area (Å²) in [6, 6.07) is 3.88. The molecule has 2 aromatic heterocycles. The number of nitrogens with two attached hydrogens (primary N) is 1. The summed E-state index contributed by atoms with van der Waals surface area (Å²) in [5.41, 5.74) is 6.33. The number of hydrogen-bond acceptors (Lipinski definition) is 4. The molecule has 0 bridgehead atoms. The van der Waals surface area contributed by atoms with Gasteiger partial charge in [-0.15, -0.1) is 0 Å². The molecule has 0 atom stereocenters. The number of aromatic nitrogens is 3. The molecule has 0 radical (unpaired) electrons. The van der Waals surface area contributed by atoms with Crippen molar-refractivity contribution in [3.8, 4) is 11.5 Å². The van der Waals surface area contributed by atoms with Gasteiger partial charge in [-0.05, 0) is 12.1 Å². The fraction of sp³-hybridized carbons (Fsp3) is 0.333. The van der Waals surface area contributed by atoms with Gasteiger partial charge in [0.25, 0.3) is 0 Å². The van der Waals surface area contributed by atoms with Gasteiger partial charge in [0.15, 0.2) is 0 Å². The first kappa shape index (κ1) is 8.96. The van der Waals surface area contributed by atoms with E-state index in [4.69, 9.17) is 10.3 Å². The van der Waals surface area contributed by atoms with Crippen LogP contribution in [0.1, 0.15) is 5.89 Å². The highest BCUT2D eigenvalue weighted by atomic mass is 16.5. The Morgan fingerprint density at radius 1 is 1.57 bits per heavy atom. The van der Waals surface area contributed by atoms with Crippen LogP contribution >= 0.6 is 0 Å². The minimum atomic E-state index is 0.523. The number of hydrogen-bond donors (Lipinski definition) is 1. The summed E-state index contributed by atoms with van der Waals surface area (Å²) in [6.07, 6.45) is 2.56. The van der Waals surface area contributed by atoms with Crippen molar-refractivity contribution in [3.63, 3.8) is 0 Å². The van der Waals surface area contributed by atoms with Crippen molar-refractivity contribution < 1.29 is 4.52 Å². The second-order valence-corrected chi connectivity index (χ2v) is 3.05. The number of rotatable bonds is 3. The predicted molar refractivity (Wildman–Crippen MR) is 51.5 cm³/mol. The standard InChI is InChI=1S/C9H12N4O/c1-13-6-2-3-7(13)9-11-8(4-5-10)14-12-9/h2-3,6H,4-5,10H2,1H3. The van der Waals surface area contributed by atoms with E-state index in [2.05, 4.69) is 10.1 Å². The highest BCUT2D eigenvalue weighted by Gasteiger charge is 2.09. The summed E-state index contributed by atoms with van der Waals surface area (Å²) < 4.78 is 6.97. The molecule has 2 aromatic rings. The van der Waals surface area contributed by atoms with Gasteiger partial charge in [-0.3, -0.25) is 0 Å².